The van der Waals surface area contributed by atoms with Crippen LogP contribution in [-0.2, 0) is 11.2 Å². The third-order valence-corrected chi connectivity index (χ3v) is 2.81. The van der Waals surface area contributed by atoms with E-state index in [-0.39, 0.29) is 11.9 Å². The van der Waals surface area contributed by atoms with Crippen LogP contribution in [0.3, 0.4) is 0 Å². The van der Waals surface area contributed by atoms with E-state index in [1.54, 1.807) is 20.3 Å². The Balaban J connectivity index is 2.59. The molecule has 0 heterocycles. The van der Waals surface area contributed by atoms with Gasteiger partial charge in [0.25, 0.3) is 0 Å². The van der Waals surface area contributed by atoms with Crippen LogP contribution in [0.5, 0.6) is 11.5 Å². The van der Waals surface area contributed by atoms with Crippen molar-refractivity contribution in [3.05, 3.63) is 23.8 Å². The van der Waals surface area contributed by atoms with Crippen LogP contribution in [0.4, 0.5) is 0 Å². The summed E-state index contributed by atoms with van der Waals surface area (Å²) in [5, 5.41) is 2.83. The standard InChI is InChI=1S/C14H22N2O3/c1-10(9-15)16-14(17)5-4-11-6-12(18-2)8-13(7-11)19-3/h6-8,10H,4-5,9,15H2,1-3H3,(H,16,17). The summed E-state index contributed by atoms with van der Waals surface area (Å²) in [7, 11) is 3.21. The van der Waals surface area contributed by atoms with Gasteiger partial charge in [0.2, 0.25) is 5.91 Å². The fourth-order valence-corrected chi connectivity index (χ4v) is 1.67. The zero-order valence-electron chi connectivity index (χ0n) is 11.7. The van der Waals surface area contributed by atoms with Gasteiger partial charge < -0.3 is 20.5 Å². The summed E-state index contributed by atoms with van der Waals surface area (Å²) >= 11 is 0. The fourth-order valence-electron chi connectivity index (χ4n) is 1.67. The summed E-state index contributed by atoms with van der Waals surface area (Å²) in [5.74, 6) is 1.45. The number of nitrogens with two attached hydrogens (primary N) is 1. The average molecular weight is 266 g/mol. The van der Waals surface area contributed by atoms with E-state index in [9.17, 15) is 4.79 Å². The first-order valence-corrected chi connectivity index (χ1v) is 6.30. The molecule has 1 rings (SSSR count). The van der Waals surface area contributed by atoms with Crippen molar-refractivity contribution in [3.63, 3.8) is 0 Å². The number of rotatable bonds is 7. The Labute approximate surface area is 114 Å². The molecule has 1 unspecified atom stereocenters. The van der Waals surface area contributed by atoms with Gasteiger partial charge in [-0.15, -0.1) is 0 Å². The molecule has 19 heavy (non-hydrogen) atoms. The van der Waals surface area contributed by atoms with Gasteiger partial charge in [0, 0.05) is 25.1 Å². The highest BCUT2D eigenvalue weighted by Crippen LogP contribution is 2.23. The second kappa shape index (κ2) is 7.63. The Morgan fingerprint density at radius 3 is 2.32 bits per heavy atom. The number of benzene rings is 1. The Kier molecular flexibility index (Phi) is 6.15. The molecule has 5 heteroatoms. The van der Waals surface area contributed by atoms with E-state index in [1.165, 1.54) is 0 Å². The topological polar surface area (TPSA) is 73.6 Å². The molecule has 5 nitrogen and oxygen atoms in total. The number of hydrogen-bond donors (Lipinski definition) is 2. The van der Waals surface area contributed by atoms with Gasteiger partial charge in [-0.2, -0.15) is 0 Å². The maximum Gasteiger partial charge on any atom is 0.220 e. The van der Waals surface area contributed by atoms with Crippen molar-refractivity contribution in [2.24, 2.45) is 5.73 Å². The number of methoxy groups -OCH3 is 2. The van der Waals surface area contributed by atoms with Crippen molar-refractivity contribution in [1.29, 1.82) is 0 Å². The SMILES string of the molecule is COc1cc(CCC(=O)NC(C)CN)cc(OC)c1. The zero-order chi connectivity index (χ0) is 14.3. The van der Waals surface area contributed by atoms with Gasteiger partial charge in [0.05, 0.1) is 14.2 Å². The van der Waals surface area contributed by atoms with Crippen molar-refractivity contribution < 1.29 is 14.3 Å². The van der Waals surface area contributed by atoms with Gasteiger partial charge >= 0.3 is 0 Å². The van der Waals surface area contributed by atoms with E-state index in [0.29, 0.717) is 19.4 Å². The molecule has 106 valence electrons. The number of hydrogen-bond acceptors (Lipinski definition) is 4. The molecule has 0 aromatic heterocycles. The van der Waals surface area contributed by atoms with E-state index in [4.69, 9.17) is 15.2 Å². The molecule has 1 atom stereocenters. The summed E-state index contributed by atoms with van der Waals surface area (Å²) in [6.07, 6.45) is 1.05. The first-order chi connectivity index (χ1) is 9.08. The van der Waals surface area contributed by atoms with Crippen LogP contribution in [0.1, 0.15) is 18.9 Å². The summed E-state index contributed by atoms with van der Waals surface area (Å²) in [6.45, 7) is 2.32. The lowest BCUT2D eigenvalue weighted by molar-refractivity contribution is -0.121. The van der Waals surface area contributed by atoms with E-state index < -0.39 is 0 Å². The monoisotopic (exact) mass is 266 g/mol. The molecule has 0 aliphatic carbocycles. The van der Waals surface area contributed by atoms with E-state index in [1.807, 2.05) is 19.1 Å². The maximum atomic E-state index is 11.7. The largest absolute Gasteiger partial charge is 0.497 e. The molecule has 0 saturated heterocycles. The van der Waals surface area contributed by atoms with Gasteiger partial charge in [-0.25, -0.2) is 0 Å². The molecule has 0 aliphatic heterocycles. The molecule has 3 N–H and O–H groups in total. The number of carbonyl (C=O) groups excluding carboxylic acids is 1. The lowest BCUT2D eigenvalue weighted by Crippen LogP contribution is -2.37. The minimum atomic E-state index is -0.000244. The van der Waals surface area contributed by atoms with Gasteiger partial charge in [0.15, 0.2) is 0 Å². The van der Waals surface area contributed by atoms with Crippen LogP contribution in [0.15, 0.2) is 18.2 Å². The van der Waals surface area contributed by atoms with Crippen molar-refractivity contribution in [3.8, 4) is 11.5 Å². The third-order valence-electron chi connectivity index (χ3n) is 2.81. The average Bonchev–Trinajstić information content (AvgIpc) is 2.44. The van der Waals surface area contributed by atoms with Gasteiger partial charge in [0.1, 0.15) is 11.5 Å². The summed E-state index contributed by atoms with van der Waals surface area (Å²) in [4.78, 5) is 11.7. The molecule has 0 spiro atoms. The van der Waals surface area contributed by atoms with Crippen molar-refractivity contribution in [2.75, 3.05) is 20.8 Å². The van der Waals surface area contributed by atoms with Gasteiger partial charge in [-0.1, -0.05) is 0 Å². The molecular formula is C14H22N2O3. The Morgan fingerprint density at radius 2 is 1.84 bits per heavy atom. The van der Waals surface area contributed by atoms with E-state index >= 15 is 0 Å². The lowest BCUT2D eigenvalue weighted by Gasteiger charge is -2.12. The molecule has 1 amide bonds. The Hall–Kier alpha value is -1.75. The predicted octanol–water partition coefficient (Wildman–Crippen LogP) is 1.10. The van der Waals surface area contributed by atoms with E-state index in [0.717, 1.165) is 17.1 Å². The number of amides is 1. The van der Waals surface area contributed by atoms with Crippen LogP contribution in [-0.4, -0.2) is 32.7 Å². The summed E-state index contributed by atoms with van der Waals surface area (Å²) in [6, 6.07) is 5.62. The van der Waals surface area contributed by atoms with Crippen LogP contribution in [0.25, 0.3) is 0 Å². The van der Waals surface area contributed by atoms with Crippen LogP contribution in [0, 0.1) is 0 Å². The molecule has 0 radical (unpaired) electrons. The highest BCUT2D eigenvalue weighted by Gasteiger charge is 2.07. The fraction of sp³-hybridized carbons (Fsp3) is 0.500. The third kappa shape index (κ3) is 5.18. The quantitative estimate of drug-likeness (QED) is 0.775. The smallest absolute Gasteiger partial charge is 0.220 e. The maximum absolute atomic E-state index is 11.7. The Bertz CT molecular complexity index is 399. The second-order valence-corrected chi connectivity index (χ2v) is 4.43. The number of nitrogens with one attached hydrogen (secondary N) is 1. The van der Waals surface area contributed by atoms with Crippen LogP contribution in [0.2, 0.25) is 0 Å². The van der Waals surface area contributed by atoms with Crippen molar-refractivity contribution in [2.45, 2.75) is 25.8 Å². The minimum absolute atomic E-state index is 0.000244. The van der Waals surface area contributed by atoms with Crippen molar-refractivity contribution >= 4 is 5.91 Å². The molecule has 0 fully saturated rings. The lowest BCUT2D eigenvalue weighted by atomic mass is 10.1. The van der Waals surface area contributed by atoms with Gasteiger partial charge in [-0.05, 0) is 31.0 Å². The molecule has 1 aromatic carbocycles. The summed E-state index contributed by atoms with van der Waals surface area (Å²) < 4.78 is 10.4. The normalized spacial score (nSPS) is 11.8. The minimum Gasteiger partial charge on any atom is -0.497 e. The van der Waals surface area contributed by atoms with Crippen LogP contribution >= 0.6 is 0 Å². The highest BCUT2D eigenvalue weighted by atomic mass is 16.5. The first kappa shape index (κ1) is 15.3. The second-order valence-electron chi connectivity index (χ2n) is 4.43. The van der Waals surface area contributed by atoms with Crippen LogP contribution < -0.4 is 20.5 Å². The first-order valence-electron chi connectivity index (χ1n) is 6.30. The van der Waals surface area contributed by atoms with E-state index in [2.05, 4.69) is 5.32 Å². The molecular weight excluding hydrogens is 244 g/mol. The highest BCUT2D eigenvalue weighted by molar-refractivity contribution is 5.76. The molecule has 0 saturated carbocycles. The molecule has 0 bridgehead atoms. The predicted molar refractivity (Wildman–Crippen MR) is 74.5 cm³/mol. The zero-order valence-corrected chi connectivity index (χ0v) is 11.7. The van der Waals surface area contributed by atoms with Crippen molar-refractivity contribution in [1.82, 2.24) is 5.32 Å². The molecule has 1 aromatic rings. The summed E-state index contributed by atoms with van der Waals surface area (Å²) in [5.41, 5.74) is 6.46. The van der Waals surface area contributed by atoms with Gasteiger partial charge in [-0.3, -0.25) is 4.79 Å². The Morgan fingerprint density at radius 1 is 1.26 bits per heavy atom. The number of ether oxygens (including phenoxy) is 2. The molecule has 0 aliphatic rings. The number of carbonyl (C=O) groups is 1. The number of aryl methyl sites for hydroxylation is 1.